The first kappa shape index (κ1) is 24.9. The van der Waals surface area contributed by atoms with Gasteiger partial charge in [0, 0.05) is 11.6 Å². The second-order valence-corrected chi connectivity index (χ2v) is 7.64. The highest BCUT2D eigenvalue weighted by atomic mass is 19.4. The maximum absolute atomic E-state index is 12.4. The van der Waals surface area contributed by atoms with Gasteiger partial charge in [0.05, 0.1) is 6.61 Å². The van der Waals surface area contributed by atoms with Gasteiger partial charge < -0.3 is 14.6 Å². The molecule has 0 saturated heterocycles. The third-order valence-electron chi connectivity index (χ3n) is 5.05. The zero-order valence-electron chi connectivity index (χ0n) is 18.4. The molecule has 34 heavy (non-hydrogen) atoms. The van der Waals surface area contributed by atoms with Crippen LogP contribution in [0.5, 0.6) is 11.5 Å². The number of carboxylic acid groups (broad SMARTS) is 1. The third-order valence-corrected chi connectivity index (χ3v) is 5.05. The van der Waals surface area contributed by atoms with Crippen LogP contribution in [0.15, 0.2) is 78.9 Å². The molecule has 0 bridgehead atoms. The summed E-state index contributed by atoms with van der Waals surface area (Å²) in [6.07, 6.45) is 1.62. The highest BCUT2D eigenvalue weighted by Crippen LogP contribution is 2.30. The average Bonchev–Trinajstić information content (AvgIpc) is 2.80. The van der Waals surface area contributed by atoms with Crippen LogP contribution in [0.1, 0.15) is 30.4 Å². The van der Waals surface area contributed by atoms with Crippen molar-refractivity contribution >= 4 is 12.0 Å². The number of carbonyl (C=O) groups is 1. The van der Waals surface area contributed by atoms with Gasteiger partial charge >= 0.3 is 12.3 Å². The number of hydrogen-bond donors (Lipinski definition) is 1. The van der Waals surface area contributed by atoms with Gasteiger partial charge in [-0.05, 0) is 72.7 Å². The van der Waals surface area contributed by atoms with Gasteiger partial charge in [-0.25, -0.2) is 4.79 Å². The SMILES string of the molecule is O=C(O)/C=C/c1cc(-c2ccc(OC(F)(F)F)cc2)ccc1OCCCCCc1ccccc1. The summed E-state index contributed by atoms with van der Waals surface area (Å²) < 4.78 is 46.9. The van der Waals surface area contributed by atoms with Gasteiger partial charge in [0.25, 0.3) is 0 Å². The van der Waals surface area contributed by atoms with Gasteiger partial charge in [-0.2, -0.15) is 0 Å². The number of ether oxygens (including phenoxy) is 2. The summed E-state index contributed by atoms with van der Waals surface area (Å²) in [5.41, 5.74) is 3.24. The summed E-state index contributed by atoms with van der Waals surface area (Å²) in [6.45, 7) is 0.492. The van der Waals surface area contributed by atoms with Crippen molar-refractivity contribution in [3.63, 3.8) is 0 Å². The Bertz CT molecular complexity index is 1090. The Kier molecular flexibility index (Phi) is 8.73. The van der Waals surface area contributed by atoms with Crippen LogP contribution < -0.4 is 9.47 Å². The Morgan fingerprint density at radius 2 is 1.59 bits per heavy atom. The van der Waals surface area contributed by atoms with Crippen molar-refractivity contribution in [3.05, 3.63) is 90.0 Å². The molecule has 0 unspecified atom stereocenters. The van der Waals surface area contributed by atoms with Crippen LogP contribution in [-0.4, -0.2) is 24.0 Å². The molecule has 0 amide bonds. The van der Waals surface area contributed by atoms with Crippen LogP contribution in [-0.2, 0) is 11.2 Å². The Morgan fingerprint density at radius 1 is 0.882 bits per heavy atom. The molecular formula is C27H25F3O4. The molecule has 0 atom stereocenters. The molecular weight excluding hydrogens is 445 g/mol. The molecule has 3 aromatic rings. The molecule has 4 nitrogen and oxygen atoms in total. The summed E-state index contributed by atoms with van der Waals surface area (Å²) in [7, 11) is 0. The van der Waals surface area contributed by atoms with E-state index in [0.717, 1.165) is 31.8 Å². The smallest absolute Gasteiger partial charge is 0.493 e. The molecule has 1 N–H and O–H groups in total. The fourth-order valence-electron chi connectivity index (χ4n) is 3.43. The Labute approximate surface area is 196 Å². The molecule has 7 heteroatoms. The zero-order valence-corrected chi connectivity index (χ0v) is 18.4. The predicted molar refractivity (Wildman–Crippen MR) is 125 cm³/mol. The minimum atomic E-state index is -4.75. The highest BCUT2D eigenvalue weighted by molar-refractivity contribution is 5.86. The molecule has 0 radical (unpaired) electrons. The molecule has 178 valence electrons. The van der Waals surface area contributed by atoms with Gasteiger partial charge in [-0.1, -0.05) is 48.5 Å². The molecule has 3 aromatic carbocycles. The molecule has 0 aliphatic heterocycles. The van der Waals surface area contributed by atoms with E-state index in [-0.39, 0.29) is 5.75 Å². The Hall–Kier alpha value is -3.74. The topological polar surface area (TPSA) is 55.8 Å². The lowest BCUT2D eigenvalue weighted by Gasteiger charge is -2.12. The van der Waals surface area contributed by atoms with Gasteiger partial charge in [0.1, 0.15) is 11.5 Å². The largest absolute Gasteiger partial charge is 0.573 e. The fraction of sp³-hybridized carbons (Fsp3) is 0.222. The number of rotatable bonds is 11. The fourth-order valence-corrected chi connectivity index (χ4v) is 3.43. The number of alkyl halides is 3. The summed E-state index contributed by atoms with van der Waals surface area (Å²) >= 11 is 0. The van der Waals surface area contributed by atoms with E-state index in [0.29, 0.717) is 29.0 Å². The highest BCUT2D eigenvalue weighted by Gasteiger charge is 2.30. The summed E-state index contributed by atoms with van der Waals surface area (Å²) in [4.78, 5) is 11.0. The molecule has 0 aromatic heterocycles. The number of halogens is 3. The third kappa shape index (κ3) is 8.31. The number of aliphatic carboxylic acids is 1. The molecule has 0 heterocycles. The van der Waals surface area contributed by atoms with E-state index >= 15 is 0 Å². The second kappa shape index (κ2) is 11.9. The first-order valence-corrected chi connectivity index (χ1v) is 10.9. The molecule has 0 spiro atoms. The van der Waals surface area contributed by atoms with Crippen LogP contribution in [0.2, 0.25) is 0 Å². The van der Waals surface area contributed by atoms with Gasteiger partial charge in [0.2, 0.25) is 0 Å². The van der Waals surface area contributed by atoms with E-state index in [1.54, 1.807) is 18.2 Å². The van der Waals surface area contributed by atoms with Crippen LogP contribution in [0.4, 0.5) is 13.2 Å². The van der Waals surface area contributed by atoms with E-state index in [9.17, 15) is 18.0 Å². The number of unbranched alkanes of at least 4 members (excludes halogenated alkanes) is 2. The Morgan fingerprint density at radius 3 is 2.26 bits per heavy atom. The first-order valence-electron chi connectivity index (χ1n) is 10.9. The first-order chi connectivity index (χ1) is 16.3. The van der Waals surface area contributed by atoms with Crippen molar-refractivity contribution in [1.29, 1.82) is 0 Å². The van der Waals surface area contributed by atoms with E-state index in [4.69, 9.17) is 9.84 Å². The van der Waals surface area contributed by atoms with Crippen molar-refractivity contribution < 1.29 is 32.5 Å². The second-order valence-electron chi connectivity index (χ2n) is 7.64. The lowest BCUT2D eigenvalue weighted by atomic mass is 10.0. The monoisotopic (exact) mass is 470 g/mol. The molecule has 0 fully saturated rings. The van der Waals surface area contributed by atoms with E-state index < -0.39 is 12.3 Å². The van der Waals surface area contributed by atoms with Crippen LogP contribution in [0.25, 0.3) is 17.2 Å². The summed E-state index contributed by atoms with van der Waals surface area (Å²) in [6, 6.07) is 21.0. The molecule has 0 aliphatic rings. The quantitative estimate of drug-likeness (QED) is 0.239. The van der Waals surface area contributed by atoms with Crippen molar-refractivity contribution in [1.82, 2.24) is 0 Å². The molecule has 0 saturated carbocycles. The molecule has 3 rings (SSSR count). The maximum Gasteiger partial charge on any atom is 0.573 e. The molecule has 0 aliphatic carbocycles. The van der Waals surface area contributed by atoms with E-state index in [2.05, 4.69) is 16.9 Å². The Balaban J connectivity index is 1.62. The lowest BCUT2D eigenvalue weighted by Crippen LogP contribution is -2.16. The average molecular weight is 470 g/mol. The van der Waals surface area contributed by atoms with Crippen molar-refractivity contribution in [2.24, 2.45) is 0 Å². The number of carboxylic acids is 1. The lowest BCUT2D eigenvalue weighted by molar-refractivity contribution is -0.274. The summed E-state index contributed by atoms with van der Waals surface area (Å²) in [5.74, 6) is -0.860. The minimum Gasteiger partial charge on any atom is -0.493 e. The standard InChI is InChI=1S/C27H25F3O4/c28-27(29,30)34-24-14-10-21(11-15-24)22-12-16-25(23(19-22)13-17-26(31)32)33-18-6-2-5-9-20-7-3-1-4-8-20/h1,3-4,7-8,10-17,19H,2,5-6,9,18H2,(H,31,32)/b17-13+. The van der Waals surface area contributed by atoms with E-state index in [1.807, 2.05) is 18.2 Å². The van der Waals surface area contributed by atoms with E-state index in [1.165, 1.54) is 35.9 Å². The maximum atomic E-state index is 12.4. The predicted octanol–water partition coefficient (Wildman–Crippen LogP) is 7.14. The zero-order chi connectivity index (χ0) is 24.4. The minimum absolute atomic E-state index is 0.311. The number of aryl methyl sites for hydroxylation is 1. The number of hydrogen-bond acceptors (Lipinski definition) is 3. The van der Waals surface area contributed by atoms with Crippen LogP contribution in [0, 0.1) is 0 Å². The van der Waals surface area contributed by atoms with Crippen molar-refractivity contribution in [3.8, 4) is 22.6 Å². The van der Waals surface area contributed by atoms with Crippen molar-refractivity contribution in [2.75, 3.05) is 6.61 Å². The van der Waals surface area contributed by atoms with Gasteiger partial charge in [0.15, 0.2) is 0 Å². The van der Waals surface area contributed by atoms with Crippen LogP contribution in [0.3, 0.4) is 0 Å². The van der Waals surface area contributed by atoms with Crippen LogP contribution >= 0.6 is 0 Å². The van der Waals surface area contributed by atoms with Gasteiger partial charge in [-0.3, -0.25) is 0 Å². The van der Waals surface area contributed by atoms with Crippen molar-refractivity contribution in [2.45, 2.75) is 32.0 Å². The van der Waals surface area contributed by atoms with Gasteiger partial charge in [-0.15, -0.1) is 13.2 Å². The summed E-state index contributed by atoms with van der Waals surface area (Å²) in [5, 5.41) is 9.01. The normalized spacial score (nSPS) is 11.5. The number of benzene rings is 3.